The molecule has 2 rings (SSSR count). The van der Waals surface area contributed by atoms with Crippen LogP contribution in [0.15, 0.2) is 48.5 Å². The topological polar surface area (TPSA) is 35.5 Å². The van der Waals surface area contributed by atoms with Crippen LogP contribution in [0.25, 0.3) is 0 Å². The molecule has 0 aliphatic carbocycles. The van der Waals surface area contributed by atoms with E-state index < -0.39 is 5.97 Å². The second-order valence-corrected chi connectivity index (χ2v) is 4.26. The Labute approximate surface area is 117 Å². The number of esters is 1. The maximum Gasteiger partial charge on any atom is 0.338 e. The molecule has 0 saturated carbocycles. The van der Waals surface area contributed by atoms with Crippen LogP contribution >= 0.6 is 0 Å². The van der Waals surface area contributed by atoms with Crippen LogP contribution in [0.3, 0.4) is 0 Å². The van der Waals surface area contributed by atoms with Crippen LogP contribution < -0.4 is 4.74 Å². The van der Waals surface area contributed by atoms with Gasteiger partial charge in [0, 0.05) is 0 Å². The lowest BCUT2D eigenvalue weighted by atomic mass is 10.1. The summed E-state index contributed by atoms with van der Waals surface area (Å²) in [5.74, 6) is -0.0973. The van der Waals surface area contributed by atoms with Crippen LogP contribution in [0.1, 0.15) is 15.9 Å². The second kappa shape index (κ2) is 6.70. The van der Waals surface area contributed by atoms with Crippen LogP contribution in [0.5, 0.6) is 5.75 Å². The van der Waals surface area contributed by atoms with E-state index in [-0.39, 0.29) is 19.0 Å². The zero-order valence-electron chi connectivity index (χ0n) is 11.1. The molecule has 0 aliphatic heterocycles. The molecule has 4 heteroatoms. The smallest absolute Gasteiger partial charge is 0.338 e. The minimum atomic E-state index is -0.482. The number of hydrogen-bond donors (Lipinski definition) is 0. The molecule has 0 bridgehead atoms. The number of hydrogen-bond acceptors (Lipinski definition) is 3. The Balaban J connectivity index is 1.79. The van der Waals surface area contributed by atoms with E-state index in [4.69, 9.17) is 9.47 Å². The van der Waals surface area contributed by atoms with Gasteiger partial charge in [0.2, 0.25) is 0 Å². The highest BCUT2D eigenvalue weighted by molar-refractivity contribution is 5.89. The first-order valence-corrected chi connectivity index (χ1v) is 6.28. The molecule has 0 aromatic heterocycles. The molecule has 104 valence electrons. The van der Waals surface area contributed by atoms with Gasteiger partial charge < -0.3 is 9.47 Å². The van der Waals surface area contributed by atoms with Crippen LogP contribution in [-0.2, 0) is 4.74 Å². The molecule has 20 heavy (non-hydrogen) atoms. The summed E-state index contributed by atoms with van der Waals surface area (Å²) in [6, 6.07) is 13.4. The molecule has 0 aliphatic rings. The van der Waals surface area contributed by atoms with E-state index in [0.29, 0.717) is 11.1 Å². The van der Waals surface area contributed by atoms with Gasteiger partial charge in [-0.25, -0.2) is 9.18 Å². The van der Waals surface area contributed by atoms with Crippen LogP contribution in [0.2, 0.25) is 0 Å². The summed E-state index contributed by atoms with van der Waals surface area (Å²) in [4.78, 5) is 11.7. The Morgan fingerprint density at radius 3 is 2.55 bits per heavy atom. The molecule has 0 atom stereocenters. The minimum Gasteiger partial charge on any atom is -0.490 e. The Hall–Kier alpha value is -2.36. The highest BCUT2D eigenvalue weighted by atomic mass is 19.1. The number of para-hydroxylation sites is 1. The third-order valence-corrected chi connectivity index (χ3v) is 2.72. The van der Waals surface area contributed by atoms with Crippen molar-refractivity contribution < 1.29 is 18.7 Å². The SMILES string of the molecule is Cc1cc(C(=O)OCCOc2ccccc2)ccc1F. The number of rotatable bonds is 5. The van der Waals surface area contributed by atoms with E-state index in [1.807, 2.05) is 30.3 Å². The van der Waals surface area contributed by atoms with Gasteiger partial charge in [-0.2, -0.15) is 0 Å². The Bertz CT molecular complexity index is 582. The zero-order valence-corrected chi connectivity index (χ0v) is 11.1. The van der Waals surface area contributed by atoms with Crippen molar-refractivity contribution in [3.63, 3.8) is 0 Å². The fraction of sp³-hybridized carbons (Fsp3) is 0.188. The summed E-state index contributed by atoms with van der Waals surface area (Å²) < 4.78 is 23.5. The quantitative estimate of drug-likeness (QED) is 0.619. The van der Waals surface area contributed by atoms with Crippen molar-refractivity contribution >= 4 is 5.97 Å². The molecule has 0 unspecified atom stereocenters. The van der Waals surface area contributed by atoms with Crippen LogP contribution in [0, 0.1) is 12.7 Å². The number of benzene rings is 2. The Morgan fingerprint density at radius 2 is 1.85 bits per heavy atom. The highest BCUT2D eigenvalue weighted by Gasteiger charge is 2.08. The number of ether oxygens (including phenoxy) is 2. The molecule has 3 nitrogen and oxygen atoms in total. The molecule has 2 aromatic carbocycles. The third kappa shape index (κ3) is 3.82. The molecule has 0 spiro atoms. The summed E-state index contributed by atoms with van der Waals surface area (Å²) in [6.07, 6.45) is 0. The van der Waals surface area contributed by atoms with E-state index in [0.717, 1.165) is 5.75 Å². The van der Waals surface area contributed by atoms with Gasteiger partial charge in [-0.15, -0.1) is 0 Å². The maximum absolute atomic E-state index is 13.1. The normalized spacial score (nSPS) is 10.1. The number of aryl methyl sites for hydroxylation is 1. The molecule has 0 fully saturated rings. The van der Waals surface area contributed by atoms with Gasteiger partial charge in [-0.1, -0.05) is 18.2 Å². The van der Waals surface area contributed by atoms with Crippen molar-refractivity contribution in [3.05, 3.63) is 65.5 Å². The van der Waals surface area contributed by atoms with Gasteiger partial charge in [0.25, 0.3) is 0 Å². The summed E-state index contributed by atoms with van der Waals surface area (Å²) >= 11 is 0. The van der Waals surface area contributed by atoms with E-state index >= 15 is 0 Å². The fourth-order valence-electron chi connectivity index (χ4n) is 1.67. The lowest BCUT2D eigenvalue weighted by Gasteiger charge is -2.07. The molecule has 0 saturated heterocycles. The van der Waals surface area contributed by atoms with Crippen molar-refractivity contribution in [2.45, 2.75) is 6.92 Å². The maximum atomic E-state index is 13.1. The van der Waals surface area contributed by atoms with Crippen molar-refractivity contribution in [2.24, 2.45) is 0 Å². The summed E-state index contributed by atoms with van der Waals surface area (Å²) in [7, 11) is 0. The van der Waals surface area contributed by atoms with Crippen LogP contribution in [0.4, 0.5) is 4.39 Å². The zero-order chi connectivity index (χ0) is 14.4. The summed E-state index contributed by atoms with van der Waals surface area (Å²) in [5, 5.41) is 0. The van der Waals surface area contributed by atoms with E-state index in [1.54, 1.807) is 6.92 Å². The number of carbonyl (C=O) groups excluding carboxylic acids is 1. The monoisotopic (exact) mass is 274 g/mol. The number of halogens is 1. The molecule has 0 N–H and O–H groups in total. The van der Waals surface area contributed by atoms with Gasteiger partial charge in [0.15, 0.2) is 0 Å². The Kier molecular flexibility index (Phi) is 4.71. The molecular formula is C16H15FO3. The van der Waals surface area contributed by atoms with Crippen LogP contribution in [-0.4, -0.2) is 19.2 Å². The first-order chi connectivity index (χ1) is 9.66. The van der Waals surface area contributed by atoms with E-state index in [1.165, 1.54) is 18.2 Å². The lowest BCUT2D eigenvalue weighted by molar-refractivity contribution is 0.0450. The van der Waals surface area contributed by atoms with Crippen molar-refractivity contribution in [1.82, 2.24) is 0 Å². The standard InChI is InChI=1S/C16H15FO3/c1-12-11-13(7-8-15(12)17)16(18)20-10-9-19-14-5-3-2-4-6-14/h2-8,11H,9-10H2,1H3. The van der Waals surface area contributed by atoms with Gasteiger partial charge in [0.1, 0.15) is 24.8 Å². The lowest BCUT2D eigenvalue weighted by Crippen LogP contribution is -2.12. The largest absolute Gasteiger partial charge is 0.490 e. The van der Waals surface area contributed by atoms with E-state index in [2.05, 4.69) is 0 Å². The fourth-order valence-corrected chi connectivity index (χ4v) is 1.67. The predicted molar refractivity (Wildman–Crippen MR) is 73.4 cm³/mol. The van der Waals surface area contributed by atoms with Crippen molar-refractivity contribution in [3.8, 4) is 5.75 Å². The number of carbonyl (C=O) groups is 1. The molecular weight excluding hydrogens is 259 g/mol. The van der Waals surface area contributed by atoms with Crippen molar-refractivity contribution in [1.29, 1.82) is 0 Å². The molecule has 0 amide bonds. The Morgan fingerprint density at radius 1 is 1.10 bits per heavy atom. The minimum absolute atomic E-state index is 0.143. The first kappa shape index (κ1) is 14.1. The second-order valence-electron chi connectivity index (χ2n) is 4.26. The van der Waals surface area contributed by atoms with Gasteiger partial charge in [-0.05, 0) is 42.8 Å². The third-order valence-electron chi connectivity index (χ3n) is 2.72. The van der Waals surface area contributed by atoms with Gasteiger partial charge in [0.05, 0.1) is 5.56 Å². The molecule has 2 aromatic rings. The van der Waals surface area contributed by atoms with Gasteiger partial charge in [-0.3, -0.25) is 0 Å². The van der Waals surface area contributed by atoms with E-state index in [9.17, 15) is 9.18 Å². The average Bonchev–Trinajstić information content (AvgIpc) is 2.47. The van der Waals surface area contributed by atoms with Gasteiger partial charge >= 0.3 is 5.97 Å². The first-order valence-electron chi connectivity index (χ1n) is 6.28. The predicted octanol–water partition coefficient (Wildman–Crippen LogP) is 3.37. The highest BCUT2D eigenvalue weighted by Crippen LogP contribution is 2.11. The molecule has 0 radical (unpaired) electrons. The van der Waals surface area contributed by atoms with Crippen molar-refractivity contribution in [2.75, 3.05) is 13.2 Å². The average molecular weight is 274 g/mol. The molecule has 0 heterocycles. The summed E-state index contributed by atoms with van der Waals surface area (Å²) in [6.45, 7) is 2.02. The summed E-state index contributed by atoms with van der Waals surface area (Å²) in [5.41, 5.74) is 0.753.